The van der Waals surface area contributed by atoms with Crippen LogP contribution in [0.1, 0.15) is 19.4 Å². The van der Waals surface area contributed by atoms with Crippen LogP contribution in [-0.2, 0) is 11.2 Å². The molecule has 0 spiro atoms. The second kappa shape index (κ2) is 7.24. The van der Waals surface area contributed by atoms with Crippen LogP contribution in [0.3, 0.4) is 0 Å². The first-order valence-corrected chi connectivity index (χ1v) is 6.65. The van der Waals surface area contributed by atoms with E-state index in [0.29, 0.717) is 13.1 Å². The van der Waals surface area contributed by atoms with E-state index in [9.17, 15) is 9.18 Å². The summed E-state index contributed by atoms with van der Waals surface area (Å²) in [6.07, 6.45) is 0.720. The minimum absolute atomic E-state index is 0.0830. The maximum Gasteiger partial charge on any atom is 0.226 e. The van der Waals surface area contributed by atoms with Crippen LogP contribution in [-0.4, -0.2) is 30.9 Å². The molecule has 0 aliphatic heterocycles. The van der Waals surface area contributed by atoms with E-state index in [2.05, 4.69) is 0 Å². The average Bonchev–Trinajstić information content (AvgIpc) is 2.38. The molecule has 0 radical (unpaired) electrons. The van der Waals surface area contributed by atoms with E-state index in [1.54, 1.807) is 24.1 Å². The number of nitrogens with zero attached hydrogens (tertiary/aromatic N) is 1. The normalized spacial score (nSPS) is 12.5. The van der Waals surface area contributed by atoms with Crippen LogP contribution in [0, 0.1) is 17.7 Å². The molecule has 1 rings (SSSR count). The highest BCUT2D eigenvalue weighted by Crippen LogP contribution is 2.13. The van der Waals surface area contributed by atoms with Gasteiger partial charge < -0.3 is 10.6 Å². The molecular formula is C15H23FN2O. The number of hydrogen-bond acceptors (Lipinski definition) is 2. The highest BCUT2D eigenvalue weighted by molar-refractivity contribution is 5.79. The van der Waals surface area contributed by atoms with Gasteiger partial charge in [0, 0.05) is 20.1 Å². The lowest BCUT2D eigenvalue weighted by Crippen LogP contribution is -2.40. The molecule has 106 valence electrons. The van der Waals surface area contributed by atoms with Crippen molar-refractivity contribution in [1.29, 1.82) is 0 Å². The van der Waals surface area contributed by atoms with Gasteiger partial charge in [-0.05, 0) is 30.0 Å². The van der Waals surface area contributed by atoms with Gasteiger partial charge in [-0.2, -0.15) is 0 Å². The zero-order valence-electron chi connectivity index (χ0n) is 11.9. The van der Waals surface area contributed by atoms with Crippen LogP contribution in [0.4, 0.5) is 4.39 Å². The van der Waals surface area contributed by atoms with Crippen molar-refractivity contribution in [2.24, 2.45) is 17.6 Å². The lowest BCUT2D eigenvalue weighted by atomic mass is 9.94. The van der Waals surface area contributed by atoms with Gasteiger partial charge in [0.05, 0.1) is 5.92 Å². The maximum absolute atomic E-state index is 12.8. The molecule has 0 aromatic heterocycles. The topological polar surface area (TPSA) is 46.3 Å². The average molecular weight is 266 g/mol. The van der Waals surface area contributed by atoms with Crippen molar-refractivity contribution in [3.63, 3.8) is 0 Å². The molecule has 4 heteroatoms. The smallest absolute Gasteiger partial charge is 0.226 e. The van der Waals surface area contributed by atoms with Gasteiger partial charge in [-0.25, -0.2) is 4.39 Å². The molecule has 1 aromatic carbocycles. The molecule has 1 aromatic rings. The number of nitrogens with two attached hydrogens (primary N) is 1. The van der Waals surface area contributed by atoms with Crippen LogP contribution in [0.5, 0.6) is 0 Å². The Morgan fingerprint density at radius 3 is 2.37 bits per heavy atom. The Bertz CT molecular complexity index is 403. The van der Waals surface area contributed by atoms with E-state index in [4.69, 9.17) is 5.73 Å². The van der Waals surface area contributed by atoms with Gasteiger partial charge in [0.2, 0.25) is 5.91 Å². The Kier molecular flexibility index (Phi) is 5.96. The maximum atomic E-state index is 12.8. The SMILES string of the molecule is CC(C)C(CN)C(=O)N(C)CCc1ccc(F)cc1. The summed E-state index contributed by atoms with van der Waals surface area (Å²) in [5.74, 6) is -0.0419. The summed E-state index contributed by atoms with van der Waals surface area (Å²) in [6.45, 7) is 5.00. The first kappa shape index (κ1) is 15.6. The lowest BCUT2D eigenvalue weighted by molar-refractivity contribution is -0.135. The first-order chi connectivity index (χ1) is 8.95. The molecule has 0 fully saturated rings. The summed E-state index contributed by atoms with van der Waals surface area (Å²) in [4.78, 5) is 13.9. The summed E-state index contributed by atoms with van der Waals surface area (Å²) >= 11 is 0. The minimum atomic E-state index is -0.240. The van der Waals surface area contributed by atoms with Crippen LogP contribution >= 0.6 is 0 Å². The van der Waals surface area contributed by atoms with Gasteiger partial charge >= 0.3 is 0 Å². The molecule has 0 heterocycles. The Hall–Kier alpha value is -1.42. The van der Waals surface area contributed by atoms with Gasteiger partial charge in [-0.15, -0.1) is 0 Å². The Labute approximate surface area is 114 Å². The van der Waals surface area contributed by atoms with E-state index >= 15 is 0 Å². The minimum Gasteiger partial charge on any atom is -0.345 e. The number of amides is 1. The molecule has 1 amide bonds. The molecular weight excluding hydrogens is 243 g/mol. The number of carbonyl (C=O) groups is 1. The van der Waals surface area contributed by atoms with E-state index < -0.39 is 0 Å². The van der Waals surface area contributed by atoms with Crippen LogP contribution in [0.15, 0.2) is 24.3 Å². The zero-order chi connectivity index (χ0) is 14.4. The summed E-state index contributed by atoms with van der Waals surface area (Å²) in [6, 6.07) is 6.37. The fourth-order valence-electron chi connectivity index (χ4n) is 2.00. The molecule has 0 saturated carbocycles. The van der Waals surface area contributed by atoms with Gasteiger partial charge in [0.25, 0.3) is 0 Å². The van der Waals surface area contributed by atoms with Crippen molar-refractivity contribution < 1.29 is 9.18 Å². The highest BCUT2D eigenvalue weighted by Gasteiger charge is 2.23. The number of carbonyl (C=O) groups excluding carboxylic acids is 1. The van der Waals surface area contributed by atoms with Crippen molar-refractivity contribution in [3.8, 4) is 0 Å². The second-order valence-corrected chi connectivity index (χ2v) is 5.22. The monoisotopic (exact) mass is 266 g/mol. The van der Waals surface area contributed by atoms with Gasteiger partial charge in [-0.3, -0.25) is 4.79 Å². The molecule has 0 bridgehead atoms. The molecule has 19 heavy (non-hydrogen) atoms. The highest BCUT2D eigenvalue weighted by atomic mass is 19.1. The Morgan fingerprint density at radius 1 is 1.32 bits per heavy atom. The van der Waals surface area contributed by atoms with Gasteiger partial charge in [0.15, 0.2) is 0 Å². The lowest BCUT2D eigenvalue weighted by Gasteiger charge is -2.25. The third-order valence-electron chi connectivity index (χ3n) is 3.40. The fraction of sp³-hybridized carbons (Fsp3) is 0.533. The van der Waals surface area contributed by atoms with Crippen molar-refractivity contribution in [2.75, 3.05) is 20.1 Å². The quantitative estimate of drug-likeness (QED) is 0.856. The number of benzene rings is 1. The number of likely N-dealkylation sites (N-methyl/N-ethyl adjacent to an activating group) is 1. The zero-order valence-corrected chi connectivity index (χ0v) is 11.9. The summed E-state index contributed by atoms with van der Waals surface area (Å²) < 4.78 is 12.8. The molecule has 0 saturated heterocycles. The summed E-state index contributed by atoms with van der Waals surface area (Å²) in [7, 11) is 1.79. The summed E-state index contributed by atoms with van der Waals surface area (Å²) in [5, 5.41) is 0. The van der Waals surface area contributed by atoms with Crippen molar-refractivity contribution in [3.05, 3.63) is 35.6 Å². The summed E-state index contributed by atoms with van der Waals surface area (Å²) in [5.41, 5.74) is 6.67. The predicted octanol–water partition coefficient (Wildman–Crippen LogP) is 2.06. The van der Waals surface area contributed by atoms with Crippen molar-refractivity contribution >= 4 is 5.91 Å². The third kappa shape index (κ3) is 4.63. The van der Waals surface area contributed by atoms with Crippen LogP contribution < -0.4 is 5.73 Å². The van der Waals surface area contributed by atoms with Gasteiger partial charge in [-0.1, -0.05) is 26.0 Å². The predicted molar refractivity (Wildman–Crippen MR) is 75.1 cm³/mol. The number of rotatable bonds is 6. The molecule has 1 atom stereocenters. The van der Waals surface area contributed by atoms with E-state index in [1.165, 1.54) is 12.1 Å². The van der Waals surface area contributed by atoms with E-state index in [0.717, 1.165) is 12.0 Å². The standard InChI is InChI=1S/C15H23FN2O/c1-11(2)14(10-17)15(19)18(3)9-8-12-4-6-13(16)7-5-12/h4-7,11,14H,8-10,17H2,1-3H3. The first-order valence-electron chi connectivity index (χ1n) is 6.65. The third-order valence-corrected chi connectivity index (χ3v) is 3.40. The Morgan fingerprint density at radius 2 is 1.89 bits per heavy atom. The largest absolute Gasteiger partial charge is 0.345 e. The van der Waals surface area contributed by atoms with Crippen LogP contribution in [0.25, 0.3) is 0 Å². The molecule has 3 nitrogen and oxygen atoms in total. The van der Waals surface area contributed by atoms with Crippen LogP contribution in [0.2, 0.25) is 0 Å². The molecule has 0 aliphatic rings. The molecule has 1 unspecified atom stereocenters. The van der Waals surface area contributed by atoms with E-state index in [-0.39, 0.29) is 23.6 Å². The van der Waals surface area contributed by atoms with Crippen molar-refractivity contribution in [1.82, 2.24) is 4.90 Å². The second-order valence-electron chi connectivity index (χ2n) is 5.22. The number of hydrogen-bond donors (Lipinski definition) is 1. The Balaban J connectivity index is 2.52. The fourth-order valence-corrected chi connectivity index (χ4v) is 2.00. The van der Waals surface area contributed by atoms with Gasteiger partial charge in [0.1, 0.15) is 5.82 Å². The van der Waals surface area contributed by atoms with E-state index in [1.807, 2.05) is 13.8 Å². The molecule has 0 aliphatic carbocycles. The molecule has 2 N–H and O–H groups in total. The number of halogens is 1. The van der Waals surface area contributed by atoms with Crippen molar-refractivity contribution in [2.45, 2.75) is 20.3 Å².